The molecule has 1 N–H and O–H groups in total. The molecule has 0 bridgehead atoms. The molecule has 1 heterocycles. The van der Waals surface area contributed by atoms with Crippen LogP contribution in [0.4, 0.5) is 0 Å². The van der Waals surface area contributed by atoms with Crippen LogP contribution in [-0.4, -0.2) is 10.7 Å². The van der Waals surface area contributed by atoms with Crippen LogP contribution < -0.4 is 4.74 Å². The lowest BCUT2D eigenvalue weighted by atomic mass is 9.84. The Kier molecular flexibility index (Phi) is 2.23. The van der Waals surface area contributed by atoms with Crippen molar-refractivity contribution in [3.05, 3.63) is 22.3 Å². The van der Waals surface area contributed by atoms with Crippen LogP contribution in [0.15, 0.2) is 0 Å². The number of hydrogen-bond donors (Lipinski definition) is 1. The first kappa shape index (κ1) is 11.3. The summed E-state index contributed by atoms with van der Waals surface area (Å²) in [5.74, 6) is 1.71. The zero-order valence-corrected chi connectivity index (χ0v) is 10.9. The van der Waals surface area contributed by atoms with Crippen LogP contribution in [0.1, 0.15) is 48.9 Å². The van der Waals surface area contributed by atoms with Gasteiger partial charge in [0.2, 0.25) is 0 Å². The van der Waals surface area contributed by atoms with Crippen molar-refractivity contribution in [1.29, 1.82) is 0 Å². The Labute approximate surface area is 97.3 Å². The van der Waals surface area contributed by atoms with E-state index in [-0.39, 0.29) is 5.60 Å². The topological polar surface area (TPSA) is 29.5 Å². The molecule has 16 heavy (non-hydrogen) atoms. The number of rotatable bonds is 0. The summed E-state index contributed by atoms with van der Waals surface area (Å²) in [6.07, 6.45) is 0. The fourth-order valence-corrected chi connectivity index (χ4v) is 2.48. The molecule has 0 aliphatic carbocycles. The molecule has 0 saturated carbocycles. The first-order valence-corrected chi connectivity index (χ1v) is 5.79. The second-order valence-corrected chi connectivity index (χ2v) is 5.39. The van der Waals surface area contributed by atoms with E-state index in [2.05, 4.69) is 20.8 Å². The highest BCUT2D eigenvalue weighted by atomic mass is 16.5. The number of hydrogen-bond acceptors (Lipinski definition) is 2. The fourth-order valence-electron chi connectivity index (χ4n) is 2.48. The maximum Gasteiger partial charge on any atom is 0.127 e. The van der Waals surface area contributed by atoms with Gasteiger partial charge in [0.05, 0.1) is 0 Å². The van der Waals surface area contributed by atoms with E-state index in [4.69, 9.17) is 4.74 Å². The van der Waals surface area contributed by atoms with E-state index in [0.29, 0.717) is 11.7 Å². The summed E-state index contributed by atoms with van der Waals surface area (Å²) in [5.41, 5.74) is 3.96. The van der Waals surface area contributed by atoms with Gasteiger partial charge in [-0.2, -0.15) is 0 Å². The monoisotopic (exact) mass is 220 g/mol. The second-order valence-electron chi connectivity index (χ2n) is 5.39. The maximum absolute atomic E-state index is 10.1. The highest BCUT2D eigenvalue weighted by molar-refractivity contribution is 5.61. The summed E-state index contributed by atoms with van der Waals surface area (Å²) in [6.45, 7) is 12.3. The lowest BCUT2D eigenvalue weighted by Crippen LogP contribution is -2.28. The summed E-state index contributed by atoms with van der Waals surface area (Å²) < 4.78 is 6.04. The van der Waals surface area contributed by atoms with Gasteiger partial charge in [-0.1, -0.05) is 6.92 Å². The van der Waals surface area contributed by atoms with Gasteiger partial charge < -0.3 is 9.84 Å². The number of benzene rings is 1. The molecule has 0 radical (unpaired) electrons. The third-order valence-electron chi connectivity index (χ3n) is 4.10. The zero-order valence-electron chi connectivity index (χ0n) is 10.9. The van der Waals surface area contributed by atoms with E-state index < -0.39 is 0 Å². The predicted molar refractivity (Wildman–Crippen MR) is 65.4 cm³/mol. The van der Waals surface area contributed by atoms with Crippen molar-refractivity contribution in [3.8, 4) is 11.5 Å². The summed E-state index contributed by atoms with van der Waals surface area (Å²) in [4.78, 5) is 0. The van der Waals surface area contributed by atoms with Crippen molar-refractivity contribution in [2.75, 3.05) is 0 Å². The molecule has 0 saturated heterocycles. The molecule has 88 valence electrons. The summed E-state index contributed by atoms with van der Waals surface area (Å²) in [7, 11) is 0. The average molecular weight is 220 g/mol. The SMILES string of the molecule is Cc1c(C)c2c(c(C)c1O)C(C)C(C)(C)O2. The van der Waals surface area contributed by atoms with Gasteiger partial charge >= 0.3 is 0 Å². The number of phenols is 1. The molecule has 2 heteroatoms. The van der Waals surface area contributed by atoms with E-state index in [1.807, 2.05) is 20.8 Å². The van der Waals surface area contributed by atoms with Crippen LogP contribution in [0.2, 0.25) is 0 Å². The average Bonchev–Trinajstić information content (AvgIpc) is 2.45. The molecule has 0 fully saturated rings. The predicted octanol–water partition coefficient (Wildman–Crippen LogP) is 3.59. The molecule has 1 aromatic carbocycles. The van der Waals surface area contributed by atoms with E-state index in [1.165, 1.54) is 5.56 Å². The van der Waals surface area contributed by atoms with Gasteiger partial charge in [0.1, 0.15) is 17.1 Å². The third-order valence-corrected chi connectivity index (χ3v) is 4.10. The van der Waals surface area contributed by atoms with Crippen molar-refractivity contribution >= 4 is 0 Å². The highest BCUT2D eigenvalue weighted by Crippen LogP contribution is 2.50. The Hall–Kier alpha value is -1.18. The van der Waals surface area contributed by atoms with E-state index in [1.54, 1.807) is 0 Å². The van der Waals surface area contributed by atoms with Crippen molar-refractivity contribution in [2.24, 2.45) is 0 Å². The Morgan fingerprint density at radius 3 is 2.19 bits per heavy atom. The van der Waals surface area contributed by atoms with Gasteiger partial charge in [0.25, 0.3) is 0 Å². The third kappa shape index (κ3) is 1.25. The van der Waals surface area contributed by atoms with Gasteiger partial charge in [0, 0.05) is 11.5 Å². The summed E-state index contributed by atoms with van der Waals surface area (Å²) >= 11 is 0. The number of fused-ring (bicyclic) bond motifs is 1. The Morgan fingerprint density at radius 2 is 1.62 bits per heavy atom. The van der Waals surface area contributed by atoms with Gasteiger partial charge in [0.15, 0.2) is 0 Å². The van der Waals surface area contributed by atoms with Crippen LogP contribution in [0.25, 0.3) is 0 Å². The summed E-state index contributed by atoms with van der Waals surface area (Å²) in [5, 5.41) is 10.1. The van der Waals surface area contributed by atoms with Crippen LogP contribution in [0.5, 0.6) is 11.5 Å². The molecule has 1 atom stereocenters. The molecular formula is C14H20O2. The van der Waals surface area contributed by atoms with Gasteiger partial charge in [-0.15, -0.1) is 0 Å². The number of phenolic OH excluding ortho intramolecular Hbond substituents is 1. The first-order valence-electron chi connectivity index (χ1n) is 5.79. The minimum Gasteiger partial charge on any atom is -0.507 e. The van der Waals surface area contributed by atoms with Crippen LogP contribution in [-0.2, 0) is 0 Å². The fraction of sp³-hybridized carbons (Fsp3) is 0.571. The van der Waals surface area contributed by atoms with Crippen molar-refractivity contribution in [3.63, 3.8) is 0 Å². The molecular weight excluding hydrogens is 200 g/mol. The van der Waals surface area contributed by atoms with E-state index in [9.17, 15) is 5.11 Å². The molecule has 0 spiro atoms. The molecule has 1 unspecified atom stereocenters. The van der Waals surface area contributed by atoms with Gasteiger partial charge in [-0.05, 0) is 51.3 Å². The van der Waals surface area contributed by atoms with Crippen molar-refractivity contribution in [1.82, 2.24) is 0 Å². The highest BCUT2D eigenvalue weighted by Gasteiger charge is 2.41. The lowest BCUT2D eigenvalue weighted by Gasteiger charge is -2.23. The molecule has 2 nitrogen and oxygen atoms in total. The maximum atomic E-state index is 10.1. The normalized spacial score (nSPS) is 21.8. The molecule has 1 aliphatic heterocycles. The standard InChI is InChI=1S/C14H20O2/c1-7-8(2)13-11(9(3)12(7)15)10(4)14(5,6)16-13/h10,15H,1-6H3. The van der Waals surface area contributed by atoms with Crippen molar-refractivity contribution < 1.29 is 9.84 Å². The molecule has 1 aliphatic rings. The van der Waals surface area contributed by atoms with Crippen LogP contribution in [0.3, 0.4) is 0 Å². The van der Waals surface area contributed by atoms with Crippen LogP contribution in [0, 0.1) is 20.8 Å². The Balaban J connectivity index is 2.76. The number of aromatic hydroxyl groups is 1. The Bertz CT molecular complexity index is 459. The molecule has 1 aromatic rings. The quantitative estimate of drug-likeness (QED) is 0.724. The second kappa shape index (κ2) is 3.16. The number of ether oxygens (including phenoxy) is 1. The molecule has 0 aromatic heterocycles. The largest absolute Gasteiger partial charge is 0.507 e. The van der Waals surface area contributed by atoms with Gasteiger partial charge in [-0.25, -0.2) is 0 Å². The zero-order chi connectivity index (χ0) is 12.2. The molecule has 2 rings (SSSR count). The summed E-state index contributed by atoms with van der Waals surface area (Å²) in [6, 6.07) is 0. The van der Waals surface area contributed by atoms with E-state index >= 15 is 0 Å². The van der Waals surface area contributed by atoms with Crippen molar-refractivity contribution in [2.45, 2.75) is 53.1 Å². The minimum atomic E-state index is -0.182. The smallest absolute Gasteiger partial charge is 0.127 e. The van der Waals surface area contributed by atoms with Gasteiger partial charge in [-0.3, -0.25) is 0 Å². The van der Waals surface area contributed by atoms with E-state index in [0.717, 1.165) is 22.4 Å². The molecule has 0 amide bonds. The minimum absolute atomic E-state index is 0.182. The Morgan fingerprint density at radius 1 is 1.06 bits per heavy atom. The van der Waals surface area contributed by atoms with Crippen LogP contribution >= 0.6 is 0 Å². The first-order chi connectivity index (χ1) is 7.27. The lowest BCUT2D eigenvalue weighted by molar-refractivity contribution is 0.115.